The molecule has 3 nitrogen and oxygen atoms in total. The number of carbonyl (C=O) groups excluding carboxylic acids is 1. The lowest BCUT2D eigenvalue weighted by Gasteiger charge is -2.07. The van der Waals surface area contributed by atoms with Crippen LogP contribution in [0.5, 0.6) is 0 Å². The summed E-state index contributed by atoms with van der Waals surface area (Å²) in [6, 6.07) is 15.1. The van der Waals surface area contributed by atoms with Crippen LogP contribution >= 0.6 is 12.2 Å². The van der Waals surface area contributed by atoms with Gasteiger partial charge in [0, 0.05) is 11.8 Å². The maximum atomic E-state index is 12.8. The Morgan fingerprint density at radius 1 is 1.05 bits per heavy atom. The fourth-order valence-electron chi connectivity index (χ4n) is 1.59. The molecule has 0 saturated heterocycles. The summed E-state index contributed by atoms with van der Waals surface area (Å²) in [5, 5.41) is 5.47. The van der Waals surface area contributed by atoms with Gasteiger partial charge in [0.2, 0.25) is 5.91 Å². The molecule has 0 atom stereocenters. The zero-order valence-corrected chi connectivity index (χ0v) is 11.9. The topological polar surface area (TPSA) is 41.1 Å². The molecule has 2 aromatic rings. The highest BCUT2D eigenvalue weighted by Crippen LogP contribution is 2.07. The first-order chi connectivity index (χ1) is 10.1. The average molecular weight is 300 g/mol. The van der Waals surface area contributed by atoms with Crippen LogP contribution in [0.2, 0.25) is 0 Å². The molecular weight excluding hydrogens is 287 g/mol. The Morgan fingerprint density at radius 3 is 2.38 bits per heavy atom. The van der Waals surface area contributed by atoms with Crippen molar-refractivity contribution in [2.45, 2.75) is 0 Å². The Hall–Kier alpha value is -2.53. The molecule has 0 bridgehead atoms. The maximum absolute atomic E-state index is 12.8. The summed E-state index contributed by atoms with van der Waals surface area (Å²) in [6.07, 6.45) is 3.09. The number of halogens is 1. The number of amides is 1. The van der Waals surface area contributed by atoms with E-state index in [9.17, 15) is 9.18 Å². The molecule has 0 heterocycles. The third kappa shape index (κ3) is 5.16. The van der Waals surface area contributed by atoms with Crippen molar-refractivity contribution in [2.24, 2.45) is 0 Å². The van der Waals surface area contributed by atoms with Crippen LogP contribution in [-0.4, -0.2) is 11.0 Å². The van der Waals surface area contributed by atoms with Gasteiger partial charge in [0.05, 0.1) is 0 Å². The Labute approximate surface area is 127 Å². The van der Waals surface area contributed by atoms with Crippen LogP contribution in [0.1, 0.15) is 5.56 Å². The molecule has 5 heteroatoms. The molecule has 21 heavy (non-hydrogen) atoms. The van der Waals surface area contributed by atoms with Gasteiger partial charge in [-0.15, -0.1) is 0 Å². The van der Waals surface area contributed by atoms with Crippen LogP contribution in [0.4, 0.5) is 10.1 Å². The largest absolute Gasteiger partial charge is 0.332 e. The molecule has 0 fully saturated rings. The lowest BCUT2D eigenvalue weighted by Crippen LogP contribution is -2.32. The normalized spacial score (nSPS) is 10.3. The van der Waals surface area contributed by atoms with Crippen LogP contribution in [0.15, 0.2) is 60.7 Å². The number of carbonyl (C=O) groups is 1. The molecule has 0 spiro atoms. The second-order valence-electron chi connectivity index (χ2n) is 4.19. The highest BCUT2D eigenvalue weighted by atomic mass is 32.1. The Bertz CT molecular complexity index is 654. The van der Waals surface area contributed by atoms with Crippen LogP contribution in [0, 0.1) is 5.82 Å². The predicted octanol–water partition coefficient (Wildman–Crippen LogP) is 3.35. The number of hydrogen-bond donors (Lipinski definition) is 2. The summed E-state index contributed by atoms with van der Waals surface area (Å²) >= 11 is 5.01. The van der Waals surface area contributed by atoms with E-state index in [0.717, 1.165) is 5.56 Å². The highest BCUT2D eigenvalue weighted by Gasteiger charge is 2.01. The molecule has 2 aromatic carbocycles. The minimum Gasteiger partial charge on any atom is -0.332 e. The third-order valence-corrected chi connectivity index (χ3v) is 2.77. The molecule has 0 saturated carbocycles. The Kier molecular flexibility index (Phi) is 5.17. The van der Waals surface area contributed by atoms with Crippen molar-refractivity contribution in [3.8, 4) is 0 Å². The Morgan fingerprint density at radius 2 is 1.71 bits per heavy atom. The minimum absolute atomic E-state index is 0.157. The van der Waals surface area contributed by atoms with Crippen molar-refractivity contribution in [3.63, 3.8) is 0 Å². The first-order valence-corrected chi connectivity index (χ1v) is 6.65. The summed E-state index contributed by atoms with van der Waals surface area (Å²) in [5.74, 6) is -0.667. The number of rotatable bonds is 3. The SMILES string of the molecule is O=C(/C=C\c1ccccc1)NC(=S)Nc1ccc(F)cc1. The lowest BCUT2D eigenvalue weighted by molar-refractivity contribution is -0.115. The van der Waals surface area contributed by atoms with Gasteiger partial charge in [-0.1, -0.05) is 30.3 Å². The molecule has 2 rings (SSSR count). The maximum Gasteiger partial charge on any atom is 0.250 e. The van der Waals surface area contributed by atoms with Crippen molar-refractivity contribution >= 4 is 35.0 Å². The van der Waals surface area contributed by atoms with E-state index >= 15 is 0 Å². The molecule has 0 aliphatic rings. The summed E-state index contributed by atoms with van der Waals surface area (Å²) in [6.45, 7) is 0. The van der Waals surface area contributed by atoms with Gasteiger partial charge in [0.15, 0.2) is 5.11 Å². The fourth-order valence-corrected chi connectivity index (χ4v) is 1.80. The smallest absolute Gasteiger partial charge is 0.250 e. The van der Waals surface area contributed by atoms with Gasteiger partial charge in [-0.05, 0) is 48.1 Å². The van der Waals surface area contributed by atoms with E-state index in [-0.39, 0.29) is 16.8 Å². The molecule has 2 N–H and O–H groups in total. The van der Waals surface area contributed by atoms with E-state index in [1.165, 1.54) is 30.3 Å². The fraction of sp³-hybridized carbons (Fsp3) is 0. The first-order valence-electron chi connectivity index (χ1n) is 6.24. The average Bonchev–Trinajstić information content (AvgIpc) is 2.48. The zero-order valence-electron chi connectivity index (χ0n) is 11.0. The molecule has 0 unspecified atom stereocenters. The van der Waals surface area contributed by atoms with Crippen molar-refractivity contribution in [3.05, 3.63) is 72.1 Å². The summed E-state index contributed by atoms with van der Waals surface area (Å²) < 4.78 is 12.8. The summed E-state index contributed by atoms with van der Waals surface area (Å²) in [4.78, 5) is 11.7. The molecule has 1 amide bonds. The van der Waals surface area contributed by atoms with Crippen molar-refractivity contribution in [1.29, 1.82) is 0 Å². The van der Waals surface area contributed by atoms with Crippen LogP contribution in [-0.2, 0) is 4.79 Å². The number of benzene rings is 2. The molecule has 0 aliphatic carbocycles. The van der Waals surface area contributed by atoms with Crippen LogP contribution in [0.3, 0.4) is 0 Å². The monoisotopic (exact) mass is 300 g/mol. The second kappa shape index (κ2) is 7.31. The van der Waals surface area contributed by atoms with Gasteiger partial charge in [-0.3, -0.25) is 10.1 Å². The third-order valence-electron chi connectivity index (χ3n) is 2.57. The van der Waals surface area contributed by atoms with E-state index in [0.29, 0.717) is 5.69 Å². The highest BCUT2D eigenvalue weighted by molar-refractivity contribution is 7.80. The van der Waals surface area contributed by atoms with Gasteiger partial charge >= 0.3 is 0 Å². The predicted molar refractivity (Wildman–Crippen MR) is 86.2 cm³/mol. The second-order valence-corrected chi connectivity index (χ2v) is 4.60. The summed E-state index contributed by atoms with van der Waals surface area (Å²) in [5.41, 5.74) is 1.53. The van der Waals surface area contributed by atoms with Gasteiger partial charge in [0.25, 0.3) is 0 Å². The first kappa shape index (κ1) is 14.9. The molecule has 106 valence electrons. The van der Waals surface area contributed by atoms with Crippen LogP contribution in [0.25, 0.3) is 6.08 Å². The van der Waals surface area contributed by atoms with Gasteiger partial charge < -0.3 is 5.32 Å². The number of hydrogen-bond acceptors (Lipinski definition) is 2. The van der Waals surface area contributed by atoms with Gasteiger partial charge in [-0.2, -0.15) is 0 Å². The summed E-state index contributed by atoms with van der Waals surface area (Å²) in [7, 11) is 0. The van der Waals surface area contributed by atoms with Crippen molar-refractivity contribution in [1.82, 2.24) is 5.32 Å². The van der Waals surface area contributed by atoms with E-state index in [2.05, 4.69) is 10.6 Å². The Balaban J connectivity index is 1.86. The lowest BCUT2D eigenvalue weighted by atomic mass is 10.2. The van der Waals surface area contributed by atoms with E-state index < -0.39 is 0 Å². The van der Waals surface area contributed by atoms with Crippen LogP contribution < -0.4 is 10.6 Å². The number of anilines is 1. The number of thiocarbonyl (C=S) groups is 1. The molecular formula is C16H13FN2OS. The van der Waals surface area contributed by atoms with Gasteiger partial charge in [0.1, 0.15) is 5.82 Å². The van der Waals surface area contributed by atoms with Gasteiger partial charge in [-0.25, -0.2) is 4.39 Å². The van der Waals surface area contributed by atoms with E-state index in [4.69, 9.17) is 12.2 Å². The standard InChI is InChI=1S/C16H13FN2OS/c17-13-7-9-14(10-8-13)18-16(21)19-15(20)11-6-12-4-2-1-3-5-12/h1-11H,(H2,18,19,20,21)/b11-6-. The van der Waals surface area contributed by atoms with Crippen molar-refractivity contribution in [2.75, 3.05) is 5.32 Å². The molecule has 0 radical (unpaired) electrons. The molecule has 0 aromatic heterocycles. The minimum atomic E-state index is -0.335. The van der Waals surface area contributed by atoms with E-state index in [1.807, 2.05) is 30.3 Å². The zero-order chi connectivity index (χ0) is 15.1. The van der Waals surface area contributed by atoms with E-state index in [1.54, 1.807) is 6.08 Å². The quantitative estimate of drug-likeness (QED) is 0.674. The van der Waals surface area contributed by atoms with Crippen molar-refractivity contribution < 1.29 is 9.18 Å². The number of nitrogens with one attached hydrogen (secondary N) is 2. The molecule has 0 aliphatic heterocycles.